The lowest BCUT2D eigenvalue weighted by Gasteiger charge is -2.24. The van der Waals surface area contributed by atoms with Crippen LogP contribution in [0.15, 0.2) is 65.3 Å². The fourth-order valence-electron chi connectivity index (χ4n) is 3.62. The van der Waals surface area contributed by atoms with Crippen LogP contribution in [0.2, 0.25) is 0 Å². The van der Waals surface area contributed by atoms with Gasteiger partial charge in [0.1, 0.15) is 17.0 Å². The molecule has 0 saturated heterocycles. The number of hydrogen-bond donors (Lipinski definition) is 1. The van der Waals surface area contributed by atoms with E-state index >= 15 is 0 Å². The van der Waals surface area contributed by atoms with E-state index in [-0.39, 0.29) is 5.91 Å². The molecule has 0 spiro atoms. The molecule has 0 bridgehead atoms. The van der Waals surface area contributed by atoms with E-state index in [2.05, 4.69) is 21.1 Å². The lowest BCUT2D eigenvalue weighted by molar-refractivity contribution is 0.0731. The Labute approximate surface area is 176 Å². The number of aromatic amines is 1. The third kappa shape index (κ3) is 4.00. The van der Waals surface area contributed by atoms with E-state index in [1.807, 2.05) is 73.7 Å². The summed E-state index contributed by atoms with van der Waals surface area (Å²) in [4.78, 5) is 20.9. The number of carbonyl (C=O) groups is 1. The predicted octanol–water partition coefficient (Wildman–Crippen LogP) is 4.34. The van der Waals surface area contributed by atoms with Crippen LogP contribution in [0.25, 0.3) is 22.2 Å². The van der Waals surface area contributed by atoms with Gasteiger partial charge in [-0.15, -0.1) is 0 Å². The Bertz CT molecular complexity index is 1140. The van der Waals surface area contributed by atoms with Crippen molar-refractivity contribution in [3.63, 3.8) is 0 Å². The summed E-state index contributed by atoms with van der Waals surface area (Å²) in [6.45, 7) is 3.67. The molecule has 0 fully saturated rings. The Balaban J connectivity index is 1.69. The Morgan fingerprint density at radius 2 is 1.77 bits per heavy atom. The molecule has 2 heterocycles. The number of likely N-dealkylation sites (N-methyl/N-ethyl adjacent to an activating group) is 1. The molecule has 0 atom stereocenters. The molecule has 1 N–H and O–H groups in total. The molecular formula is C24H26N4O2. The SMILES string of the molecule is Cc1onc(-c2ccccc2)c1C(=O)N(CCN(C)C)Cc1c[nH]c2ccccc12. The molecule has 1 amide bonds. The number of fused-ring (bicyclic) bond motifs is 1. The van der Waals surface area contributed by atoms with Gasteiger partial charge in [0.25, 0.3) is 5.91 Å². The number of amides is 1. The average molecular weight is 402 g/mol. The molecule has 0 unspecified atom stereocenters. The van der Waals surface area contributed by atoms with Crippen molar-refractivity contribution in [1.29, 1.82) is 0 Å². The summed E-state index contributed by atoms with van der Waals surface area (Å²) in [6, 6.07) is 17.8. The van der Waals surface area contributed by atoms with E-state index in [0.29, 0.717) is 30.1 Å². The first kappa shape index (κ1) is 19.9. The molecule has 0 radical (unpaired) electrons. The zero-order chi connectivity index (χ0) is 21.1. The van der Waals surface area contributed by atoms with Gasteiger partial charge < -0.3 is 19.3 Å². The van der Waals surface area contributed by atoms with Gasteiger partial charge >= 0.3 is 0 Å². The van der Waals surface area contributed by atoms with Gasteiger partial charge in [0.05, 0.1) is 0 Å². The van der Waals surface area contributed by atoms with Crippen LogP contribution in [0.1, 0.15) is 21.7 Å². The lowest BCUT2D eigenvalue weighted by Crippen LogP contribution is -2.36. The van der Waals surface area contributed by atoms with Crippen molar-refractivity contribution in [2.75, 3.05) is 27.2 Å². The molecule has 4 aromatic rings. The minimum Gasteiger partial charge on any atom is -0.361 e. The maximum atomic E-state index is 13.7. The van der Waals surface area contributed by atoms with Crippen molar-refractivity contribution in [1.82, 2.24) is 19.9 Å². The third-order valence-corrected chi connectivity index (χ3v) is 5.26. The molecule has 0 aliphatic carbocycles. The summed E-state index contributed by atoms with van der Waals surface area (Å²) in [6.07, 6.45) is 1.99. The number of nitrogens with one attached hydrogen (secondary N) is 1. The first-order valence-electron chi connectivity index (χ1n) is 10.1. The first-order valence-corrected chi connectivity index (χ1v) is 10.1. The van der Waals surface area contributed by atoms with Gasteiger partial charge in [-0.25, -0.2) is 0 Å². The van der Waals surface area contributed by atoms with E-state index in [1.165, 1.54) is 0 Å². The smallest absolute Gasteiger partial charge is 0.260 e. The summed E-state index contributed by atoms with van der Waals surface area (Å²) in [7, 11) is 4.02. The van der Waals surface area contributed by atoms with Gasteiger partial charge in [0.2, 0.25) is 0 Å². The Kier molecular flexibility index (Phi) is 5.68. The number of benzene rings is 2. The second-order valence-corrected chi connectivity index (χ2v) is 7.72. The van der Waals surface area contributed by atoms with Crippen molar-refractivity contribution in [3.05, 3.63) is 77.7 Å². The number of nitrogens with zero attached hydrogens (tertiary/aromatic N) is 3. The molecule has 0 saturated carbocycles. The first-order chi connectivity index (χ1) is 14.5. The quantitative estimate of drug-likeness (QED) is 0.500. The van der Waals surface area contributed by atoms with E-state index in [0.717, 1.165) is 28.6 Å². The largest absolute Gasteiger partial charge is 0.361 e. The summed E-state index contributed by atoms with van der Waals surface area (Å²) in [5, 5.41) is 5.32. The monoisotopic (exact) mass is 402 g/mol. The van der Waals surface area contributed by atoms with Crippen LogP contribution in [-0.4, -0.2) is 53.0 Å². The van der Waals surface area contributed by atoms with Crippen molar-refractivity contribution in [2.45, 2.75) is 13.5 Å². The fourth-order valence-corrected chi connectivity index (χ4v) is 3.62. The normalized spacial score (nSPS) is 11.3. The molecule has 6 heteroatoms. The molecule has 6 nitrogen and oxygen atoms in total. The van der Waals surface area contributed by atoms with Crippen LogP contribution in [0.3, 0.4) is 0 Å². The van der Waals surface area contributed by atoms with E-state index in [1.54, 1.807) is 6.92 Å². The average Bonchev–Trinajstić information content (AvgIpc) is 3.34. The maximum absolute atomic E-state index is 13.7. The highest BCUT2D eigenvalue weighted by Gasteiger charge is 2.26. The number of aromatic nitrogens is 2. The molecule has 0 aliphatic heterocycles. The molecule has 2 aromatic carbocycles. The Morgan fingerprint density at radius 3 is 2.53 bits per heavy atom. The lowest BCUT2D eigenvalue weighted by atomic mass is 10.0. The second-order valence-electron chi connectivity index (χ2n) is 7.72. The molecule has 154 valence electrons. The highest BCUT2D eigenvalue weighted by molar-refractivity contribution is 6.01. The Hall–Kier alpha value is -3.38. The van der Waals surface area contributed by atoms with Crippen LogP contribution in [0, 0.1) is 6.92 Å². The van der Waals surface area contributed by atoms with E-state index in [9.17, 15) is 4.79 Å². The van der Waals surface area contributed by atoms with Crippen molar-refractivity contribution < 1.29 is 9.32 Å². The molecule has 30 heavy (non-hydrogen) atoms. The molecule has 2 aromatic heterocycles. The highest BCUT2D eigenvalue weighted by atomic mass is 16.5. The van der Waals surface area contributed by atoms with Gasteiger partial charge in [-0.1, -0.05) is 53.7 Å². The van der Waals surface area contributed by atoms with Gasteiger partial charge in [0, 0.05) is 42.3 Å². The van der Waals surface area contributed by atoms with Crippen LogP contribution < -0.4 is 0 Å². The topological polar surface area (TPSA) is 65.4 Å². The van der Waals surface area contributed by atoms with Crippen molar-refractivity contribution in [2.24, 2.45) is 0 Å². The van der Waals surface area contributed by atoms with Crippen molar-refractivity contribution in [3.8, 4) is 11.3 Å². The number of rotatable bonds is 7. The standard InChI is InChI=1S/C24H26N4O2/c1-17-22(23(26-30-17)18-9-5-4-6-10-18)24(29)28(14-13-27(2)3)16-19-15-25-21-12-8-7-11-20(19)21/h4-12,15,25H,13-14,16H2,1-3H3. The zero-order valence-electron chi connectivity index (χ0n) is 17.6. The second kappa shape index (κ2) is 8.55. The minimum atomic E-state index is -0.0697. The number of para-hydroxylation sites is 1. The van der Waals surface area contributed by atoms with Crippen LogP contribution in [0.5, 0.6) is 0 Å². The fraction of sp³-hybridized carbons (Fsp3) is 0.250. The summed E-state index contributed by atoms with van der Waals surface area (Å²) < 4.78 is 5.44. The van der Waals surface area contributed by atoms with Gasteiger partial charge in [-0.2, -0.15) is 0 Å². The van der Waals surface area contributed by atoms with Crippen molar-refractivity contribution >= 4 is 16.8 Å². The third-order valence-electron chi connectivity index (χ3n) is 5.26. The Morgan fingerprint density at radius 1 is 1.03 bits per heavy atom. The van der Waals surface area contributed by atoms with E-state index < -0.39 is 0 Å². The van der Waals surface area contributed by atoms with Gasteiger partial charge in [-0.3, -0.25) is 4.79 Å². The number of aryl methyl sites for hydroxylation is 1. The van der Waals surface area contributed by atoms with E-state index in [4.69, 9.17) is 4.52 Å². The van der Waals surface area contributed by atoms with Gasteiger partial charge in [-0.05, 0) is 32.6 Å². The molecule has 4 rings (SSSR count). The number of H-pyrrole nitrogens is 1. The molecule has 0 aliphatic rings. The number of carbonyl (C=O) groups excluding carboxylic acids is 1. The minimum absolute atomic E-state index is 0.0697. The summed E-state index contributed by atoms with van der Waals surface area (Å²) >= 11 is 0. The summed E-state index contributed by atoms with van der Waals surface area (Å²) in [5.74, 6) is 0.465. The highest BCUT2D eigenvalue weighted by Crippen LogP contribution is 2.27. The number of hydrogen-bond acceptors (Lipinski definition) is 4. The van der Waals surface area contributed by atoms with Crippen LogP contribution >= 0.6 is 0 Å². The van der Waals surface area contributed by atoms with Crippen LogP contribution in [-0.2, 0) is 6.54 Å². The van der Waals surface area contributed by atoms with Crippen LogP contribution in [0.4, 0.5) is 0 Å². The zero-order valence-corrected chi connectivity index (χ0v) is 17.6. The molecular weight excluding hydrogens is 376 g/mol. The summed E-state index contributed by atoms with van der Waals surface area (Å²) in [5.41, 5.74) is 4.15. The predicted molar refractivity (Wildman–Crippen MR) is 118 cm³/mol. The maximum Gasteiger partial charge on any atom is 0.260 e. The van der Waals surface area contributed by atoms with Gasteiger partial charge in [0.15, 0.2) is 0 Å².